The van der Waals surface area contributed by atoms with Crippen molar-refractivity contribution in [3.8, 4) is 29.4 Å². The van der Waals surface area contributed by atoms with E-state index in [4.69, 9.17) is 29.4 Å². The number of ether oxygens (including phenoxy) is 5. The second-order valence-corrected chi connectivity index (χ2v) is 9.07. The van der Waals surface area contributed by atoms with E-state index in [9.17, 15) is 15.3 Å². The molecule has 11 heteroatoms. The average molecular weight is 537 g/mol. The fourth-order valence-electron chi connectivity index (χ4n) is 4.14. The zero-order chi connectivity index (χ0) is 28.0. The van der Waals surface area contributed by atoms with Crippen LogP contribution < -0.4 is 19.9 Å². The lowest BCUT2D eigenvalue weighted by molar-refractivity contribution is -0.139. The molecule has 2 aromatic rings. The molecule has 198 valence electrons. The van der Waals surface area contributed by atoms with Crippen molar-refractivity contribution in [3.05, 3.63) is 63.4 Å². The second kappa shape index (κ2) is 12.3. The van der Waals surface area contributed by atoms with E-state index in [1.54, 1.807) is 19.1 Å². The van der Waals surface area contributed by atoms with Crippen LogP contribution in [-0.4, -0.2) is 44.6 Å². The molecular formula is C27H28N4O6S. The minimum Gasteiger partial charge on any atom is -0.493 e. The van der Waals surface area contributed by atoms with Gasteiger partial charge in [0.05, 0.1) is 50.7 Å². The Bertz CT molecular complexity index is 1380. The molecule has 1 aliphatic rings. The summed E-state index contributed by atoms with van der Waals surface area (Å²) in [5.74, 6) is -0.460. The van der Waals surface area contributed by atoms with E-state index in [2.05, 4.69) is 17.1 Å². The van der Waals surface area contributed by atoms with Crippen molar-refractivity contribution in [2.24, 2.45) is 5.73 Å². The predicted molar refractivity (Wildman–Crippen MR) is 140 cm³/mol. The van der Waals surface area contributed by atoms with Crippen LogP contribution in [0.25, 0.3) is 0 Å². The van der Waals surface area contributed by atoms with Crippen molar-refractivity contribution in [2.45, 2.75) is 31.7 Å². The third-order valence-corrected chi connectivity index (χ3v) is 6.75. The summed E-state index contributed by atoms with van der Waals surface area (Å²) in [6, 6.07) is 9.36. The zero-order valence-electron chi connectivity index (χ0n) is 22.0. The summed E-state index contributed by atoms with van der Waals surface area (Å²) >= 11 is 1.22. The van der Waals surface area contributed by atoms with Crippen LogP contribution in [-0.2, 0) is 14.3 Å². The molecule has 38 heavy (non-hydrogen) atoms. The number of hydrogen-bond acceptors (Lipinski definition) is 11. The number of nitrogens with zero attached hydrogens (tertiary/aromatic N) is 3. The first kappa shape index (κ1) is 28.2. The van der Waals surface area contributed by atoms with Crippen LogP contribution in [0.3, 0.4) is 0 Å². The van der Waals surface area contributed by atoms with Crippen LogP contribution >= 0.6 is 11.8 Å². The molecule has 2 heterocycles. The number of aryl methyl sites for hydroxylation is 2. The number of nitriles is 2. The highest BCUT2D eigenvalue weighted by Crippen LogP contribution is 2.46. The maximum Gasteiger partial charge on any atom is 0.338 e. The van der Waals surface area contributed by atoms with Crippen LogP contribution in [0.2, 0.25) is 0 Å². The van der Waals surface area contributed by atoms with Crippen molar-refractivity contribution in [1.29, 1.82) is 10.5 Å². The van der Waals surface area contributed by atoms with Gasteiger partial charge in [-0.05, 0) is 50.1 Å². The molecule has 0 saturated heterocycles. The Kier molecular flexibility index (Phi) is 9.11. The molecule has 0 fully saturated rings. The molecule has 3 rings (SSSR count). The summed E-state index contributed by atoms with van der Waals surface area (Å²) in [5, 5.41) is 20.2. The molecule has 1 aromatic heterocycles. The van der Waals surface area contributed by atoms with Gasteiger partial charge in [0.2, 0.25) is 11.6 Å². The Balaban J connectivity index is 2.22. The molecule has 0 spiro atoms. The van der Waals surface area contributed by atoms with Crippen LogP contribution in [0.5, 0.6) is 17.2 Å². The van der Waals surface area contributed by atoms with Gasteiger partial charge < -0.3 is 29.4 Å². The summed E-state index contributed by atoms with van der Waals surface area (Å²) in [6.07, 6.45) is 0. The largest absolute Gasteiger partial charge is 0.493 e. The van der Waals surface area contributed by atoms with Gasteiger partial charge in [-0.15, -0.1) is 0 Å². The third-order valence-electron chi connectivity index (χ3n) is 5.78. The highest BCUT2D eigenvalue weighted by atomic mass is 32.2. The van der Waals surface area contributed by atoms with E-state index < -0.39 is 11.9 Å². The summed E-state index contributed by atoms with van der Waals surface area (Å²) in [5.41, 5.74) is 8.76. The topological polar surface area (TPSA) is 150 Å². The Morgan fingerprint density at radius 1 is 1.11 bits per heavy atom. The first-order valence-electron chi connectivity index (χ1n) is 11.5. The number of rotatable bonds is 9. The Morgan fingerprint density at radius 2 is 1.76 bits per heavy atom. The van der Waals surface area contributed by atoms with Crippen molar-refractivity contribution < 1.29 is 28.5 Å². The van der Waals surface area contributed by atoms with Gasteiger partial charge in [0, 0.05) is 5.69 Å². The van der Waals surface area contributed by atoms with Gasteiger partial charge in [0.25, 0.3) is 0 Å². The number of aromatic nitrogens is 1. The second-order valence-electron chi connectivity index (χ2n) is 8.10. The zero-order valence-corrected chi connectivity index (χ0v) is 22.8. The molecule has 0 bridgehead atoms. The molecule has 1 aliphatic heterocycles. The smallest absolute Gasteiger partial charge is 0.338 e. The van der Waals surface area contributed by atoms with Crippen LogP contribution in [0.1, 0.15) is 35.2 Å². The SMILES string of the molecule is CCOC(=O)C1=C(CSc2nc(C)cc(C)c2C#N)OC(N)=C(C#N)C1c1cc(OC)c(OC)c(OC)c1. The normalized spacial score (nSPS) is 14.8. The first-order valence-corrected chi connectivity index (χ1v) is 12.5. The number of benzene rings is 1. The lowest BCUT2D eigenvalue weighted by atomic mass is 9.82. The Hall–Kier alpha value is -4.35. The molecule has 1 atom stereocenters. The maximum atomic E-state index is 13.3. The van der Waals surface area contributed by atoms with Gasteiger partial charge >= 0.3 is 5.97 Å². The van der Waals surface area contributed by atoms with E-state index >= 15 is 0 Å². The Labute approximate surface area is 225 Å². The van der Waals surface area contributed by atoms with E-state index in [1.165, 1.54) is 33.1 Å². The molecule has 1 unspecified atom stereocenters. The van der Waals surface area contributed by atoms with Gasteiger partial charge in [-0.2, -0.15) is 10.5 Å². The number of esters is 1. The van der Waals surface area contributed by atoms with Crippen molar-refractivity contribution in [1.82, 2.24) is 4.98 Å². The molecule has 2 N–H and O–H groups in total. The van der Waals surface area contributed by atoms with E-state index in [0.717, 1.165) is 11.3 Å². The summed E-state index contributed by atoms with van der Waals surface area (Å²) < 4.78 is 27.6. The standard InChI is InChI=1S/C27H28N4O6S/c1-7-36-27(32)23-21(13-38-26-17(11-28)14(2)8-15(3)31-26)37-25(30)18(12-29)22(23)16-9-19(33-4)24(35-6)20(10-16)34-5/h8-10,22H,7,13,30H2,1-6H3. The number of carbonyl (C=O) groups excluding carboxylic acids is 1. The van der Waals surface area contributed by atoms with Gasteiger partial charge in [-0.3, -0.25) is 0 Å². The molecule has 0 saturated carbocycles. The highest BCUT2D eigenvalue weighted by molar-refractivity contribution is 7.99. The molecular weight excluding hydrogens is 508 g/mol. The summed E-state index contributed by atoms with van der Waals surface area (Å²) in [4.78, 5) is 17.8. The molecule has 0 aliphatic carbocycles. The van der Waals surface area contributed by atoms with E-state index in [-0.39, 0.29) is 35.1 Å². The van der Waals surface area contributed by atoms with Crippen molar-refractivity contribution >= 4 is 17.7 Å². The fourth-order valence-corrected chi connectivity index (χ4v) is 5.18. The minimum absolute atomic E-state index is 0.0262. The maximum absolute atomic E-state index is 13.3. The number of nitrogens with two attached hydrogens (primary N) is 1. The number of carbonyl (C=O) groups is 1. The van der Waals surface area contributed by atoms with Crippen LogP contribution in [0.15, 0.2) is 46.0 Å². The molecule has 1 aromatic carbocycles. The monoisotopic (exact) mass is 536 g/mol. The molecule has 0 amide bonds. The van der Waals surface area contributed by atoms with Gasteiger partial charge in [-0.1, -0.05) is 11.8 Å². The summed E-state index contributed by atoms with van der Waals surface area (Å²) in [7, 11) is 4.41. The molecule has 0 radical (unpaired) electrons. The van der Waals surface area contributed by atoms with Crippen LogP contribution in [0, 0.1) is 36.5 Å². The average Bonchev–Trinajstić information content (AvgIpc) is 2.90. The Morgan fingerprint density at radius 3 is 2.29 bits per heavy atom. The number of thioether (sulfide) groups is 1. The fraction of sp³-hybridized carbons (Fsp3) is 0.333. The highest BCUT2D eigenvalue weighted by Gasteiger charge is 2.38. The quantitative estimate of drug-likeness (QED) is 0.366. The lowest BCUT2D eigenvalue weighted by Gasteiger charge is -2.28. The third kappa shape index (κ3) is 5.48. The van der Waals surface area contributed by atoms with Gasteiger partial charge in [0.1, 0.15) is 28.5 Å². The molecule has 10 nitrogen and oxygen atoms in total. The van der Waals surface area contributed by atoms with Crippen molar-refractivity contribution in [2.75, 3.05) is 33.7 Å². The van der Waals surface area contributed by atoms with Gasteiger partial charge in [-0.25, -0.2) is 9.78 Å². The van der Waals surface area contributed by atoms with Crippen molar-refractivity contribution in [3.63, 3.8) is 0 Å². The number of methoxy groups -OCH3 is 3. The van der Waals surface area contributed by atoms with E-state index in [0.29, 0.717) is 33.4 Å². The number of pyridine rings is 1. The van der Waals surface area contributed by atoms with Crippen LogP contribution in [0.4, 0.5) is 0 Å². The number of hydrogen-bond donors (Lipinski definition) is 1. The lowest BCUT2D eigenvalue weighted by Crippen LogP contribution is -2.27. The first-order chi connectivity index (χ1) is 18.2. The predicted octanol–water partition coefficient (Wildman–Crippen LogP) is 4.01. The summed E-state index contributed by atoms with van der Waals surface area (Å²) in [6.45, 7) is 5.44. The minimum atomic E-state index is -0.945. The van der Waals surface area contributed by atoms with Gasteiger partial charge in [0.15, 0.2) is 11.5 Å². The number of allylic oxidation sites excluding steroid dienone is 1. The van der Waals surface area contributed by atoms with E-state index in [1.807, 2.05) is 19.9 Å².